The first-order chi connectivity index (χ1) is 12.2. The van der Waals surface area contributed by atoms with Crippen molar-refractivity contribution < 1.29 is 8.91 Å². The van der Waals surface area contributed by atoms with Gasteiger partial charge in [0, 0.05) is 43.0 Å². The van der Waals surface area contributed by atoms with Crippen molar-refractivity contribution in [1.29, 1.82) is 0 Å². The SMILES string of the molecule is Cn1cncc1C1CCN(Cc2cc(-c3ccc(F)cc3)on2)CC1. The van der Waals surface area contributed by atoms with Crippen LogP contribution in [0.3, 0.4) is 0 Å². The van der Waals surface area contributed by atoms with Crippen LogP contribution in [0.25, 0.3) is 11.3 Å². The fraction of sp³-hybridized carbons (Fsp3) is 0.368. The zero-order valence-corrected chi connectivity index (χ0v) is 14.2. The first kappa shape index (κ1) is 16.0. The molecule has 3 aromatic rings. The smallest absolute Gasteiger partial charge is 0.167 e. The third kappa shape index (κ3) is 3.49. The van der Waals surface area contributed by atoms with Crippen molar-refractivity contribution in [3.05, 3.63) is 60.1 Å². The van der Waals surface area contributed by atoms with Gasteiger partial charge < -0.3 is 9.09 Å². The molecule has 1 aliphatic rings. The van der Waals surface area contributed by atoms with Gasteiger partial charge in [-0.05, 0) is 50.2 Å². The first-order valence-corrected chi connectivity index (χ1v) is 8.59. The number of piperidine rings is 1. The summed E-state index contributed by atoms with van der Waals surface area (Å²) in [4.78, 5) is 6.63. The van der Waals surface area contributed by atoms with E-state index in [0.717, 1.165) is 43.7 Å². The predicted octanol–water partition coefficient (Wildman–Crippen LogP) is 3.59. The molecule has 130 valence electrons. The summed E-state index contributed by atoms with van der Waals surface area (Å²) in [5, 5.41) is 4.17. The average molecular weight is 340 g/mol. The van der Waals surface area contributed by atoms with E-state index in [4.69, 9.17) is 4.52 Å². The first-order valence-electron chi connectivity index (χ1n) is 8.59. The molecule has 6 heteroatoms. The molecular weight excluding hydrogens is 319 g/mol. The summed E-state index contributed by atoms with van der Waals surface area (Å²) in [5.41, 5.74) is 3.08. The number of aryl methyl sites for hydroxylation is 1. The Kier molecular flexibility index (Phi) is 4.36. The molecule has 4 rings (SSSR count). The topological polar surface area (TPSA) is 47.1 Å². The maximum Gasteiger partial charge on any atom is 0.167 e. The van der Waals surface area contributed by atoms with Crippen LogP contribution in [-0.4, -0.2) is 32.7 Å². The highest BCUT2D eigenvalue weighted by Crippen LogP contribution is 2.28. The summed E-state index contributed by atoms with van der Waals surface area (Å²) in [6.07, 6.45) is 6.10. The summed E-state index contributed by atoms with van der Waals surface area (Å²) in [7, 11) is 2.06. The Hall–Kier alpha value is -2.47. The number of imidazole rings is 1. The van der Waals surface area contributed by atoms with E-state index >= 15 is 0 Å². The zero-order valence-electron chi connectivity index (χ0n) is 14.2. The zero-order chi connectivity index (χ0) is 17.2. The second-order valence-corrected chi connectivity index (χ2v) is 6.67. The minimum atomic E-state index is -0.250. The number of hydrogen-bond donors (Lipinski definition) is 0. The van der Waals surface area contributed by atoms with Crippen LogP contribution in [0.4, 0.5) is 4.39 Å². The normalized spacial score (nSPS) is 16.4. The number of hydrogen-bond acceptors (Lipinski definition) is 4. The summed E-state index contributed by atoms with van der Waals surface area (Å²) >= 11 is 0. The lowest BCUT2D eigenvalue weighted by Crippen LogP contribution is -2.33. The van der Waals surface area contributed by atoms with Gasteiger partial charge in [-0.15, -0.1) is 0 Å². The molecule has 2 aromatic heterocycles. The van der Waals surface area contributed by atoms with Gasteiger partial charge in [0.1, 0.15) is 5.82 Å². The highest BCUT2D eigenvalue weighted by Gasteiger charge is 2.23. The molecule has 25 heavy (non-hydrogen) atoms. The van der Waals surface area contributed by atoms with Crippen molar-refractivity contribution in [3.63, 3.8) is 0 Å². The maximum atomic E-state index is 13.0. The molecule has 5 nitrogen and oxygen atoms in total. The van der Waals surface area contributed by atoms with Crippen LogP contribution in [0, 0.1) is 5.82 Å². The number of halogens is 1. The molecule has 3 heterocycles. The van der Waals surface area contributed by atoms with Crippen LogP contribution in [0.1, 0.15) is 30.1 Å². The van der Waals surface area contributed by atoms with E-state index in [2.05, 4.69) is 26.7 Å². The Morgan fingerprint density at radius 3 is 2.64 bits per heavy atom. The third-order valence-corrected chi connectivity index (χ3v) is 4.93. The highest BCUT2D eigenvalue weighted by atomic mass is 19.1. The van der Waals surface area contributed by atoms with E-state index in [9.17, 15) is 4.39 Å². The maximum absolute atomic E-state index is 13.0. The summed E-state index contributed by atoms with van der Waals surface area (Å²) < 4.78 is 20.6. The molecule has 0 atom stereocenters. The van der Waals surface area contributed by atoms with E-state index in [-0.39, 0.29) is 5.82 Å². The molecule has 0 bridgehead atoms. The lowest BCUT2D eigenvalue weighted by molar-refractivity contribution is 0.197. The van der Waals surface area contributed by atoms with Crippen LogP contribution in [0.15, 0.2) is 47.4 Å². The van der Waals surface area contributed by atoms with E-state index in [1.165, 1.54) is 17.8 Å². The Bertz CT molecular complexity index is 831. The van der Waals surface area contributed by atoms with Crippen molar-refractivity contribution in [3.8, 4) is 11.3 Å². The molecule has 0 amide bonds. The number of nitrogens with zero attached hydrogens (tertiary/aromatic N) is 4. The van der Waals surface area contributed by atoms with Gasteiger partial charge in [0.25, 0.3) is 0 Å². The number of likely N-dealkylation sites (tertiary alicyclic amines) is 1. The molecule has 0 aliphatic carbocycles. The molecule has 1 fully saturated rings. The number of rotatable bonds is 4. The fourth-order valence-electron chi connectivity index (χ4n) is 3.51. The standard InChI is InChI=1S/C19H21FN4O/c1-23-13-21-11-18(23)14-6-8-24(9-7-14)12-17-10-19(25-22-17)15-2-4-16(20)5-3-15/h2-5,10-11,13-14H,6-9,12H2,1H3. The van der Waals surface area contributed by atoms with Gasteiger partial charge in [0.15, 0.2) is 5.76 Å². The minimum absolute atomic E-state index is 0.250. The molecule has 1 aliphatic heterocycles. The molecule has 0 N–H and O–H groups in total. The highest BCUT2D eigenvalue weighted by molar-refractivity contribution is 5.57. The van der Waals surface area contributed by atoms with Crippen LogP contribution < -0.4 is 0 Å². The van der Waals surface area contributed by atoms with Crippen LogP contribution in [0.5, 0.6) is 0 Å². The lowest BCUT2D eigenvalue weighted by atomic mass is 9.93. The number of benzene rings is 1. The molecular formula is C19H21FN4O. The molecule has 1 aromatic carbocycles. The van der Waals surface area contributed by atoms with Gasteiger partial charge in [-0.3, -0.25) is 4.90 Å². The van der Waals surface area contributed by atoms with Crippen molar-refractivity contribution in [2.45, 2.75) is 25.3 Å². The Balaban J connectivity index is 1.36. The molecule has 0 spiro atoms. The predicted molar refractivity (Wildman–Crippen MR) is 92.4 cm³/mol. The van der Waals surface area contributed by atoms with Crippen molar-refractivity contribution in [2.24, 2.45) is 7.05 Å². The minimum Gasteiger partial charge on any atom is -0.356 e. The third-order valence-electron chi connectivity index (χ3n) is 4.93. The molecule has 0 radical (unpaired) electrons. The average Bonchev–Trinajstić information content (AvgIpc) is 3.26. The van der Waals surface area contributed by atoms with E-state index in [1.54, 1.807) is 12.1 Å². The Morgan fingerprint density at radius 2 is 1.96 bits per heavy atom. The fourth-order valence-corrected chi connectivity index (χ4v) is 3.51. The van der Waals surface area contributed by atoms with Gasteiger partial charge in [-0.2, -0.15) is 0 Å². The monoisotopic (exact) mass is 340 g/mol. The lowest BCUT2D eigenvalue weighted by Gasteiger charge is -2.31. The van der Waals surface area contributed by atoms with Gasteiger partial charge >= 0.3 is 0 Å². The van der Waals surface area contributed by atoms with Crippen molar-refractivity contribution >= 4 is 0 Å². The van der Waals surface area contributed by atoms with Gasteiger partial charge in [0.05, 0.1) is 12.0 Å². The quantitative estimate of drug-likeness (QED) is 0.728. The van der Waals surface area contributed by atoms with Crippen molar-refractivity contribution in [1.82, 2.24) is 19.6 Å². The molecule has 0 unspecified atom stereocenters. The summed E-state index contributed by atoms with van der Waals surface area (Å²) in [5.74, 6) is 1.01. The molecule has 0 saturated carbocycles. The van der Waals surface area contributed by atoms with Gasteiger partial charge in [0.2, 0.25) is 0 Å². The van der Waals surface area contributed by atoms with Gasteiger partial charge in [-0.25, -0.2) is 9.37 Å². The summed E-state index contributed by atoms with van der Waals surface area (Å²) in [6.45, 7) is 2.85. The van der Waals surface area contributed by atoms with E-state index in [0.29, 0.717) is 11.7 Å². The Labute approximate surface area is 146 Å². The number of aromatic nitrogens is 3. The van der Waals surface area contributed by atoms with Crippen LogP contribution in [-0.2, 0) is 13.6 Å². The van der Waals surface area contributed by atoms with Crippen LogP contribution in [0.2, 0.25) is 0 Å². The summed E-state index contributed by atoms with van der Waals surface area (Å²) in [6, 6.07) is 8.22. The van der Waals surface area contributed by atoms with Crippen molar-refractivity contribution in [2.75, 3.05) is 13.1 Å². The second kappa shape index (κ2) is 6.80. The Morgan fingerprint density at radius 1 is 1.20 bits per heavy atom. The second-order valence-electron chi connectivity index (χ2n) is 6.67. The van der Waals surface area contributed by atoms with Gasteiger partial charge in [-0.1, -0.05) is 5.16 Å². The largest absolute Gasteiger partial charge is 0.356 e. The van der Waals surface area contributed by atoms with E-state index < -0.39 is 0 Å². The van der Waals surface area contributed by atoms with Crippen LogP contribution >= 0.6 is 0 Å². The molecule has 1 saturated heterocycles. The van der Waals surface area contributed by atoms with E-state index in [1.807, 2.05) is 18.6 Å².